The van der Waals surface area contributed by atoms with Gasteiger partial charge in [-0.15, -0.1) is 24.8 Å². The largest absolute Gasteiger partial charge is 0.399 e. The van der Waals surface area contributed by atoms with Gasteiger partial charge in [-0.1, -0.05) is 12.1 Å². The number of carbonyl (C=O) groups excluding carboxylic acids is 1. The summed E-state index contributed by atoms with van der Waals surface area (Å²) in [7, 11) is 0. The minimum Gasteiger partial charge on any atom is -0.399 e. The molecule has 1 fully saturated rings. The Kier molecular flexibility index (Phi) is 7.07. The molecule has 1 saturated heterocycles. The second-order valence-electron chi connectivity index (χ2n) is 6.39. The quantitative estimate of drug-likeness (QED) is 0.677. The fourth-order valence-corrected chi connectivity index (χ4v) is 3.26. The lowest BCUT2D eigenvalue weighted by Crippen LogP contribution is -2.48. The molecule has 0 unspecified atom stereocenters. The molecule has 1 aliphatic rings. The molecule has 0 aliphatic carbocycles. The summed E-state index contributed by atoms with van der Waals surface area (Å²) < 4.78 is 2.04. The lowest BCUT2D eigenvalue weighted by Gasteiger charge is -2.34. The second kappa shape index (κ2) is 9.08. The normalized spacial score (nSPS) is 14.4. The molecular weight excluding hydrogens is 385 g/mol. The maximum absolute atomic E-state index is 12.6. The molecule has 0 spiro atoms. The van der Waals surface area contributed by atoms with Gasteiger partial charge in [0, 0.05) is 56.4 Å². The van der Waals surface area contributed by atoms with Crippen LogP contribution in [0.1, 0.15) is 16.1 Å². The number of fused-ring (bicyclic) bond motifs is 1. The third kappa shape index (κ3) is 4.71. The Bertz CT molecular complexity index is 873. The molecule has 2 N–H and O–H groups in total. The summed E-state index contributed by atoms with van der Waals surface area (Å²) in [6, 6.07) is 13.2. The van der Waals surface area contributed by atoms with E-state index in [1.54, 1.807) is 12.1 Å². The number of aromatic nitrogens is 2. The number of pyridine rings is 1. The van der Waals surface area contributed by atoms with Crippen LogP contribution in [0.2, 0.25) is 0 Å². The molecule has 0 bridgehead atoms. The predicted molar refractivity (Wildman–Crippen MR) is 112 cm³/mol. The Morgan fingerprint density at radius 3 is 2.52 bits per heavy atom. The van der Waals surface area contributed by atoms with Gasteiger partial charge in [-0.05, 0) is 30.3 Å². The van der Waals surface area contributed by atoms with Crippen LogP contribution in [0.3, 0.4) is 0 Å². The van der Waals surface area contributed by atoms with Crippen LogP contribution in [0.25, 0.3) is 5.65 Å². The fraction of sp³-hybridized carbons (Fsp3) is 0.263. The van der Waals surface area contributed by atoms with E-state index in [0.29, 0.717) is 11.3 Å². The molecule has 3 aromatic rings. The monoisotopic (exact) mass is 407 g/mol. The SMILES string of the molecule is Cl.Cl.Nc1cccc(C(=O)N2CCN(Cc3cn4ccccc4n3)CC2)c1. The first-order chi connectivity index (χ1) is 12.2. The van der Waals surface area contributed by atoms with E-state index in [0.717, 1.165) is 44.1 Å². The zero-order valence-electron chi connectivity index (χ0n) is 14.8. The Labute approximate surface area is 170 Å². The molecule has 0 saturated carbocycles. The molecule has 1 aromatic carbocycles. The van der Waals surface area contributed by atoms with E-state index in [4.69, 9.17) is 5.73 Å². The van der Waals surface area contributed by atoms with Gasteiger partial charge in [0.1, 0.15) is 5.65 Å². The van der Waals surface area contributed by atoms with Crippen LogP contribution < -0.4 is 5.73 Å². The van der Waals surface area contributed by atoms with Crippen molar-refractivity contribution in [2.24, 2.45) is 0 Å². The lowest BCUT2D eigenvalue weighted by molar-refractivity contribution is 0.0627. The molecule has 6 nitrogen and oxygen atoms in total. The number of hydrogen-bond acceptors (Lipinski definition) is 4. The first-order valence-electron chi connectivity index (χ1n) is 8.49. The van der Waals surface area contributed by atoms with Crippen molar-refractivity contribution in [3.8, 4) is 0 Å². The number of anilines is 1. The van der Waals surface area contributed by atoms with Crippen molar-refractivity contribution in [2.45, 2.75) is 6.54 Å². The number of nitrogens with zero attached hydrogens (tertiary/aromatic N) is 4. The Morgan fingerprint density at radius 2 is 1.81 bits per heavy atom. The highest BCUT2D eigenvalue weighted by molar-refractivity contribution is 5.95. The molecule has 0 atom stereocenters. The average Bonchev–Trinajstić information content (AvgIpc) is 3.04. The van der Waals surface area contributed by atoms with Crippen LogP contribution in [-0.2, 0) is 6.54 Å². The molecule has 2 aromatic heterocycles. The predicted octanol–water partition coefficient (Wildman–Crippen LogP) is 2.72. The van der Waals surface area contributed by atoms with Crippen molar-refractivity contribution in [3.05, 3.63) is 66.1 Å². The zero-order valence-corrected chi connectivity index (χ0v) is 16.5. The molecule has 8 heteroatoms. The number of halogens is 2. The molecule has 4 rings (SSSR count). The summed E-state index contributed by atoms with van der Waals surface area (Å²) >= 11 is 0. The minimum absolute atomic E-state index is 0. The molecule has 1 amide bonds. The molecule has 144 valence electrons. The zero-order chi connectivity index (χ0) is 17.2. The molecule has 27 heavy (non-hydrogen) atoms. The number of nitrogen functional groups attached to an aromatic ring is 1. The highest BCUT2D eigenvalue weighted by Gasteiger charge is 2.22. The van der Waals surface area contributed by atoms with Crippen LogP contribution in [0.4, 0.5) is 5.69 Å². The lowest BCUT2D eigenvalue weighted by atomic mass is 10.1. The van der Waals surface area contributed by atoms with E-state index >= 15 is 0 Å². The Morgan fingerprint density at radius 1 is 1.04 bits per heavy atom. The van der Waals surface area contributed by atoms with Crippen LogP contribution >= 0.6 is 24.8 Å². The third-order valence-electron chi connectivity index (χ3n) is 4.59. The van der Waals surface area contributed by atoms with E-state index in [-0.39, 0.29) is 30.7 Å². The smallest absolute Gasteiger partial charge is 0.254 e. The van der Waals surface area contributed by atoms with Crippen LogP contribution in [0.5, 0.6) is 0 Å². The van der Waals surface area contributed by atoms with Crippen molar-refractivity contribution in [1.29, 1.82) is 0 Å². The highest BCUT2D eigenvalue weighted by Crippen LogP contribution is 2.14. The standard InChI is InChI=1S/C19H21N5O.2ClH/c20-16-5-3-4-15(12-16)19(25)23-10-8-22(9-11-23)13-17-14-24-7-2-1-6-18(24)21-17;;/h1-7,12,14H,8-11,13,20H2;2*1H. The third-order valence-corrected chi connectivity index (χ3v) is 4.59. The number of imidazole rings is 1. The van der Waals surface area contributed by atoms with E-state index < -0.39 is 0 Å². The van der Waals surface area contributed by atoms with Crippen LogP contribution in [0, 0.1) is 0 Å². The maximum Gasteiger partial charge on any atom is 0.254 e. The van der Waals surface area contributed by atoms with E-state index in [1.807, 2.05) is 45.8 Å². The second-order valence-corrected chi connectivity index (χ2v) is 6.39. The summed E-state index contributed by atoms with van der Waals surface area (Å²) in [4.78, 5) is 21.5. The van der Waals surface area contributed by atoms with Gasteiger partial charge in [0.25, 0.3) is 5.91 Å². The summed E-state index contributed by atoms with van der Waals surface area (Å²) in [5, 5.41) is 0. The molecular formula is C19H23Cl2N5O. The Balaban J connectivity index is 0.00000131. The fourth-order valence-electron chi connectivity index (χ4n) is 3.26. The maximum atomic E-state index is 12.6. The van der Waals surface area contributed by atoms with Crippen molar-refractivity contribution in [2.75, 3.05) is 31.9 Å². The van der Waals surface area contributed by atoms with Crippen molar-refractivity contribution < 1.29 is 4.79 Å². The van der Waals surface area contributed by atoms with Gasteiger partial charge in [-0.25, -0.2) is 4.98 Å². The number of nitrogens with two attached hydrogens (primary N) is 1. The number of hydrogen-bond donors (Lipinski definition) is 1. The van der Waals surface area contributed by atoms with Gasteiger partial charge in [-0.3, -0.25) is 9.69 Å². The van der Waals surface area contributed by atoms with Crippen LogP contribution in [-0.4, -0.2) is 51.3 Å². The minimum atomic E-state index is 0. The first kappa shape index (κ1) is 21.0. The molecule has 3 heterocycles. The number of piperazine rings is 1. The average molecular weight is 408 g/mol. The van der Waals surface area contributed by atoms with E-state index in [2.05, 4.69) is 16.1 Å². The van der Waals surface area contributed by atoms with Gasteiger partial charge in [0.2, 0.25) is 0 Å². The van der Waals surface area contributed by atoms with Gasteiger partial charge in [0.05, 0.1) is 5.69 Å². The highest BCUT2D eigenvalue weighted by atomic mass is 35.5. The van der Waals surface area contributed by atoms with Crippen molar-refractivity contribution in [1.82, 2.24) is 19.2 Å². The van der Waals surface area contributed by atoms with Gasteiger partial charge in [0.15, 0.2) is 0 Å². The van der Waals surface area contributed by atoms with E-state index in [9.17, 15) is 4.79 Å². The first-order valence-corrected chi connectivity index (χ1v) is 8.49. The number of rotatable bonds is 3. The Hall–Kier alpha value is -2.28. The van der Waals surface area contributed by atoms with Crippen molar-refractivity contribution >= 4 is 42.1 Å². The number of benzene rings is 1. The summed E-state index contributed by atoms with van der Waals surface area (Å²) in [5.74, 6) is 0.0553. The van der Waals surface area contributed by atoms with Crippen LogP contribution in [0.15, 0.2) is 54.9 Å². The summed E-state index contributed by atoms with van der Waals surface area (Å²) in [6.45, 7) is 3.95. The van der Waals surface area contributed by atoms with Crippen molar-refractivity contribution in [3.63, 3.8) is 0 Å². The van der Waals surface area contributed by atoms with Gasteiger partial charge >= 0.3 is 0 Å². The number of amides is 1. The van der Waals surface area contributed by atoms with Gasteiger partial charge in [-0.2, -0.15) is 0 Å². The molecule has 0 radical (unpaired) electrons. The number of carbonyl (C=O) groups is 1. The molecule has 1 aliphatic heterocycles. The van der Waals surface area contributed by atoms with E-state index in [1.165, 1.54) is 0 Å². The van der Waals surface area contributed by atoms with Gasteiger partial charge < -0.3 is 15.0 Å². The summed E-state index contributed by atoms with van der Waals surface area (Å²) in [6.07, 6.45) is 4.08. The summed E-state index contributed by atoms with van der Waals surface area (Å²) in [5.41, 5.74) is 9.08. The topological polar surface area (TPSA) is 66.9 Å².